The van der Waals surface area contributed by atoms with Gasteiger partial charge in [0.2, 0.25) is 5.88 Å². The van der Waals surface area contributed by atoms with Crippen molar-refractivity contribution < 1.29 is 9.47 Å². The third-order valence-electron chi connectivity index (χ3n) is 3.88. The molecule has 3 aromatic rings. The predicted octanol–water partition coefficient (Wildman–Crippen LogP) is 4.14. The van der Waals surface area contributed by atoms with Crippen LogP contribution in [-0.2, 0) is 13.2 Å². The zero-order valence-electron chi connectivity index (χ0n) is 15.0. The minimum Gasteiger partial charge on any atom is -0.489 e. The molecular formula is C22H24N2O2. The van der Waals surface area contributed by atoms with Crippen LogP contribution in [0.15, 0.2) is 72.9 Å². The first-order chi connectivity index (χ1) is 12.8. The number of nitrogens with one attached hydrogen (secondary N) is 1. The summed E-state index contributed by atoms with van der Waals surface area (Å²) in [6.07, 6.45) is 1.73. The van der Waals surface area contributed by atoms with E-state index in [0.717, 1.165) is 18.8 Å². The lowest BCUT2D eigenvalue weighted by Gasteiger charge is -2.10. The fourth-order valence-corrected chi connectivity index (χ4v) is 2.61. The maximum atomic E-state index is 5.91. The molecule has 0 bridgehead atoms. The zero-order valence-corrected chi connectivity index (χ0v) is 15.0. The van der Waals surface area contributed by atoms with Gasteiger partial charge in [-0.3, -0.25) is 0 Å². The van der Waals surface area contributed by atoms with E-state index < -0.39 is 0 Å². The average Bonchev–Trinajstić information content (AvgIpc) is 2.67. The van der Waals surface area contributed by atoms with E-state index in [2.05, 4.69) is 53.6 Å². The number of ether oxygens (including phenoxy) is 2. The Kier molecular flexibility index (Phi) is 6.62. The van der Waals surface area contributed by atoms with Gasteiger partial charge in [0.05, 0.1) is 0 Å². The summed E-state index contributed by atoms with van der Waals surface area (Å²) in [6.45, 7) is 4.78. The Morgan fingerprint density at radius 2 is 1.77 bits per heavy atom. The van der Waals surface area contributed by atoms with Crippen LogP contribution in [-0.4, -0.2) is 18.1 Å². The summed E-state index contributed by atoms with van der Waals surface area (Å²) in [5, 5.41) is 3.37. The number of rotatable bonds is 9. The van der Waals surface area contributed by atoms with Crippen LogP contribution in [0.5, 0.6) is 11.6 Å². The lowest BCUT2D eigenvalue weighted by Crippen LogP contribution is -2.20. The number of pyridine rings is 1. The first kappa shape index (κ1) is 18.0. The smallest absolute Gasteiger partial charge is 0.213 e. The van der Waals surface area contributed by atoms with Crippen molar-refractivity contribution in [1.29, 1.82) is 0 Å². The van der Waals surface area contributed by atoms with E-state index >= 15 is 0 Å². The fourth-order valence-electron chi connectivity index (χ4n) is 2.61. The van der Waals surface area contributed by atoms with Crippen molar-refractivity contribution in [3.8, 4) is 11.6 Å². The first-order valence-electron chi connectivity index (χ1n) is 8.81. The molecule has 2 aromatic carbocycles. The second kappa shape index (κ2) is 9.59. The van der Waals surface area contributed by atoms with E-state index in [1.165, 1.54) is 16.7 Å². The highest BCUT2D eigenvalue weighted by Gasteiger charge is 2.00. The molecule has 134 valence electrons. The second-order valence-corrected chi connectivity index (χ2v) is 6.12. The monoisotopic (exact) mass is 348 g/mol. The van der Waals surface area contributed by atoms with Crippen molar-refractivity contribution in [3.63, 3.8) is 0 Å². The molecule has 3 rings (SSSR count). The summed E-state index contributed by atoms with van der Waals surface area (Å²) >= 11 is 0. The normalized spacial score (nSPS) is 10.5. The van der Waals surface area contributed by atoms with E-state index in [-0.39, 0.29) is 0 Å². The van der Waals surface area contributed by atoms with Crippen LogP contribution in [0.4, 0.5) is 0 Å². The maximum Gasteiger partial charge on any atom is 0.213 e. The van der Waals surface area contributed by atoms with Crippen molar-refractivity contribution >= 4 is 0 Å². The molecule has 0 fully saturated rings. The van der Waals surface area contributed by atoms with E-state index in [1.54, 1.807) is 6.20 Å². The van der Waals surface area contributed by atoms with E-state index in [9.17, 15) is 0 Å². The van der Waals surface area contributed by atoms with Gasteiger partial charge in [-0.2, -0.15) is 0 Å². The molecule has 0 aliphatic carbocycles. The third kappa shape index (κ3) is 5.90. The zero-order chi connectivity index (χ0) is 18.0. The van der Waals surface area contributed by atoms with Gasteiger partial charge in [0.25, 0.3) is 0 Å². The fraction of sp³-hybridized carbons (Fsp3) is 0.227. The summed E-state index contributed by atoms with van der Waals surface area (Å²) in [5.74, 6) is 1.54. The number of hydrogen-bond acceptors (Lipinski definition) is 4. The van der Waals surface area contributed by atoms with Crippen LogP contribution >= 0.6 is 0 Å². The second-order valence-electron chi connectivity index (χ2n) is 6.12. The molecule has 1 heterocycles. The van der Waals surface area contributed by atoms with Gasteiger partial charge in [0.1, 0.15) is 19.0 Å². The molecule has 0 atom stereocenters. The molecular weight excluding hydrogens is 324 g/mol. The molecule has 4 nitrogen and oxygen atoms in total. The Labute approximate surface area is 154 Å². The SMILES string of the molecule is Cc1cccc(COc2cccc(CNCCOc3ccccn3)c2)c1. The Bertz CT molecular complexity index is 806. The average molecular weight is 348 g/mol. The Morgan fingerprint density at radius 1 is 0.885 bits per heavy atom. The Balaban J connectivity index is 1.41. The largest absolute Gasteiger partial charge is 0.489 e. The van der Waals surface area contributed by atoms with E-state index in [0.29, 0.717) is 19.1 Å². The van der Waals surface area contributed by atoms with Gasteiger partial charge in [-0.1, -0.05) is 48.0 Å². The first-order valence-corrected chi connectivity index (χ1v) is 8.81. The van der Waals surface area contributed by atoms with Gasteiger partial charge in [-0.25, -0.2) is 4.98 Å². The Hall–Kier alpha value is -2.85. The minimum absolute atomic E-state index is 0.580. The van der Waals surface area contributed by atoms with Crippen LogP contribution in [0.3, 0.4) is 0 Å². The van der Waals surface area contributed by atoms with E-state index in [1.807, 2.05) is 30.3 Å². The van der Waals surface area contributed by atoms with Crippen molar-refractivity contribution in [2.45, 2.75) is 20.1 Å². The number of hydrogen-bond donors (Lipinski definition) is 1. The number of benzene rings is 2. The predicted molar refractivity (Wildman–Crippen MR) is 103 cm³/mol. The summed E-state index contributed by atoms with van der Waals surface area (Å²) in [6, 6.07) is 22.2. The van der Waals surface area contributed by atoms with Crippen molar-refractivity contribution in [1.82, 2.24) is 10.3 Å². The van der Waals surface area contributed by atoms with Gasteiger partial charge in [-0.15, -0.1) is 0 Å². The van der Waals surface area contributed by atoms with Crippen molar-refractivity contribution in [3.05, 3.63) is 89.6 Å². The number of aromatic nitrogens is 1. The molecule has 4 heteroatoms. The summed E-state index contributed by atoms with van der Waals surface area (Å²) in [5.41, 5.74) is 3.61. The van der Waals surface area contributed by atoms with Crippen LogP contribution in [0, 0.1) is 6.92 Å². The highest BCUT2D eigenvalue weighted by atomic mass is 16.5. The van der Waals surface area contributed by atoms with Gasteiger partial charge in [0.15, 0.2) is 0 Å². The van der Waals surface area contributed by atoms with Crippen molar-refractivity contribution in [2.24, 2.45) is 0 Å². The quantitative estimate of drug-likeness (QED) is 0.590. The molecule has 0 saturated carbocycles. The maximum absolute atomic E-state index is 5.91. The summed E-state index contributed by atoms with van der Waals surface area (Å²) < 4.78 is 11.5. The molecule has 1 N–H and O–H groups in total. The molecule has 0 radical (unpaired) electrons. The van der Waals surface area contributed by atoms with Crippen LogP contribution < -0.4 is 14.8 Å². The molecule has 0 amide bonds. The number of aryl methyl sites for hydroxylation is 1. The highest BCUT2D eigenvalue weighted by molar-refractivity contribution is 5.29. The lowest BCUT2D eigenvalue weighted by molar-refractivity contribution is 0.301. The summed E-state index contributed by atoms with van der Waals surface area (Å²) in [7, 11) is 0. The molecule has 0 saturated heterocycles. The van der Waals surface area contributed by atoms with Gasteiger partial charge in [0, 0.05) is 25.4 Å². The highest BCUT2D eigenvalue weighted by Crippen LogP contribution is 2.15. The van der Waals surface area contributed by atoms with Crippen LogP contribution in [0.25, 0.3) is 0 Å². The lowest BCUT2D eigenvalue weighted by atomic mass is 10.1. The van der Waals surface area contributed by atoms with Crippen LogP contribution in [0.2, 0.25) is 0 Å². The van der Waals surface area contributed by atoms with Gasteiger partial charge >= 0.3 is 0 Å². The molecule has 0 spiro atoms. The third-order valence-corrected chi connectivity index (χ3v) is 3.88. The van der Waals surface area contributed by atoms with Gasteiger partial charge in [-0.05, 0) is 36.2 Å². The van der Waals surface area contributed by atoms with E-state index in [4.69, 9.17) is 9.47 Å². The van der Waals surface area contributed by atoms with Crippen LogP contribution in [0.1, 0.15) is 16.7 Å². The molecule has 1 aromatic heterocycles. The summed E-state index contributed by atoms with van der Waals surface area (Å²) in [4.78, 5) is 4.13. The molecule has 0 aliphatic heterocycles. The topological polar surface area (TPSA) is 43.4 Å². The van der Waals surface area contributed by atoms with Gasteiger partial charge < -0.3 is 14.8 Å². The standard InChI is InChI=1S/C22H24N2O2/c1-18-6-4-8-20(14-18)17-26-21-9-5-7-19(15-21)16-23-12-13-25-22-10-2-3-11-24-22/h2-11,14-15,23H,12-13,16-17H2,1H3. The Morgan fingerprint density at radius 3 is 2.62 bits per heavy atom. The van der Waals surface area contributed by atoms with Crippen molar-refractivity contribution in [2.75, 3.05) is 13.2 Å². The molecule has 0 unspecified atom stereocenters. The minimum atomic E-state index is 0.580. The number of nitrogens with zero attached hydrogens (tertiary/aromatic N) is 1. The molecule has 0 aliphatic rings. The molecule has 26 heavy (non-hydrogen) atoms.